The molecule has 4 heteroatoms. The molecule has 2 N–H and O–H groups in total. The standard InChI is InChI=1S/C24H49NO2.HI/c1-5-7-8-9-10-11-12-13-14-15-16-17-18-19-20-21-23(26)27-22-25-24(3,4)6-2;/h25H,5-22H2,1-4H3;1H. The smallest absolute Gasteiger partial charge is 0.310 e. The van der Waals surface area contributed by atoms with Gasteiger partial charge in [-0.1, -0.05) is 104 Å². The Morgan fingerprint density at radius 3 is 1.50 bits per heavy atom. The van der Waals surface area contributed by atoms with Crippen molar-refractivity contribution in [3.8, 4) is 0 Å². The Balaban J connectivity index is 0. The SMILES string of the molecule is CCCCCCCCCCCCCCCCCC(=O)OC[NH2+]C(C)(C)CC.[I-]. The summed E-state index contributed by atoms with van der Waals surface area (Å²) in [5.74, 6) is -0.0344. The summed E-state index contributed by atoms with van der Waals surface area (Å²) in [5.41, 5.74) is 0.162. The minimum Gasteiger partial charge on any atom is -1.00 e. The number of esters is 1. The van der Waals surface area contributed by atoms with Crippen molar-refractivity contribution in [1.82, 2.24) is 0 Å². The summed E-state index contributed by atoms with van der Waals surface area (Å²) in [6.07, 6.45) is 21.9. The second-order valence-corrected chi connectivity index (χ2v) is 8.93. The van der Waals surface area contributed by atoms with Gasteiger partial charge in [-0.15, -0.1) is 0 Å². The minimum atomic E-state index is -0.0344. The van der Waals surface area contributed by atoms with Crippen molar-refractivity contribution in [1.29, 1.82) is 0 Å². The molecule has 0 radical (unpaired) electrons. The maximum Gasteiger partial charge on any atom is 0.310 e. The molecule has 0 saturated carbocycles. The molecular weight excluding hydrogens is 461 g/mol. The van der Waals surface area contributed by atoms with E-state index in [1.165, 1.54) is 83.5 Å². The minimum absolute atomic E-state index is 0. The van der Waals surface area contributed by atoms with E-state index in [1.54, 1.807) is 0 Å². The highest BCUT2D eigenvalue weighted by Crippen LogP contribution is 2.13. The van der Waals surface area contributed by atoms with Crippen LogP contribution in [0.1, 0.15) is 137 Å². The molecule has 0 heterocycles. The van der Waals surface area contributed by atoms with Gasteiger partial charge in [0.15, 0.2) is 0 Å². The van der Waals surface area contributed by atoms with Crippen molar-refractivity contribution in [2.24, 2.45) is 0 Å². The fourth-order valence-electron chi connectivity index (χ4n) is 3.22. The van der Waals surface area contributed by atoms with Gasteiger partial charge in [-0.25, -0.2) is 0 Å². The van der Waals surface area contributed by atoms with E-state index in [4.69, 9.17) is 4.74 Å². The third-order valence-electron chi connectivity index (χ3n) is 5.78. The Bertz CT molecular complexity index is 335. The van der Waals surface area contributed by atoms with Crippen LogP contribution in [0.15, 0.2) is 0 Å². The summed E-state index contributed by atoms with van der Waals surface area (Å²) >= 11 is 0. The van der Waals surface area contributed by atoms with E-state index in [9.17, 15) is 4.79 Å². The fourth-order valence-corrected chi connectivity index (χ4v) is 3.22. The van der Waals surface area contributed by atoms with Gasteiger partial charge >= 0.3 is 5.97 Å². The summed E-state index contributed by atoms with van der Waals surface area (Å²) in [7, 11) is 0. The highest BCUT2D eigenvalue weighted by Gasteiger charge is 2.18. The molecule has 3 nitrogen and oxygen atoms in total. The average Bonchev–Trinajstić information content (AvgIpc) is 2.64. The summed E-state index contributed by atoms with van der Waals surface area (Å²) < 4.78 is 5.30. The zero-order chi connectivity index (χ0) is 20.2. The summed E-state index contributed by atoms with van der Waals surface area (Å²) in [5, 5.41) is 2.11. The van der Waals surface area contributed by atoms with Crippen LogP contribution in [0.4, 0.5) is 0 Å². The Hall–Kier alpha value is 0.160. The van der Waals surface area contributed by atoms with Gasteiger partial charge in [0.1, 0.15) is 0 Å². The largest absolute Gasteiger partial charge is 1.00 e. The molecule has 0 aromatic rings. The number of hydrogen-bond donors (Lipinski definition) is 1. The molecule has 0 saturated heterocycles. The van der Waals surface area contributed by atoms with Gasteiger partial charge in [-0.3, -0.25) is 4.79 Å². The van der Waals surface area contributed by atoms with Crippen molar-refractivity contribution in [2.75, 3.05) is 6.73 Å². The lowest BCUT2D eigenvalue weighted by Crippen LogP contribution is -3.00. The van der Waals surface area contributed by atoms with E-state index in [0.717, 1.165) is 19.3 Å². The predicted molar refractivity (Wildman–Crippen MR) is 117 cm³/mol. The zero-order valence-corrected chi connectivity index (χ0v) is 21.7. The van der Waals surface area contributed by atoms with Crippen molar-refractivity contribution in [3.05, 3.63) is 0 Å². The summed E-state index contributed by atoms with van der Waals surface area (Å²) in [6.45, 7) is 9.25. The Kier molecular flexibility index (Phi) is 23.7. The Morgan fingerprint density at radius 1 is 0.714 bits per heavy atom. The lowest BCUT2D eigenvalue weighted by atomic mass is 10.0. The number of carbonyl (C=O) groups is 1. The lowest BCUT2D eigenvalue weighted by Gasteiger charge is -2.20. The molecule has 170 valence electrons. The van der Waals surface area contributed by atoms with Gasteiger partial charge in [0, 0.05) is 6.42 Å². The fraction of sp³-hybridized carbons (Fsp3) is 0.958. The molecule has 0 fully saturated rings. The first kappa shape index (κ1) is 30.4. The van der Waals surface area contributed by atoms with E-state index in [-0.39, 0.29) is 35.5 Å². The lowest BCUT2D eigenvalue weighted by molar-refractivity contribution is -0.743. The molecule has 28 heavy (non-hydrogen) atoms. The second-order valence-electron chi connectivity index (χ2n) is 8.93. The summed E-state index contributed by atoms with van der Waals surface area (Å²) in [4.78, 5) is 11.7. The highest BCUT2D eigenvalue weighted by atomic mass is 127. The molecule has 0 rings (SSSR count). The van der Waals surface area contributed by atoms with Crippen LogP contribution < -0.4 is 29.3 Å². The first-order valence-corrected chi connectivity index (χ1v) is 12.0. The van der Waals surface area contributed by atoms with Crippen LogP contribution in [0, 0.1) is 0 Å². The zero-order valence-electron chi connectivity index (χ0n) is 19.5. The topological polar surface area (TPSA) is 42.9 Å². The van der Waals surface area contributed by atoms with Gasteiger partial charge in [-0.2, -0.15) is 0 Å². The number of halogens is 1. The number of ether oxygens (including phenoxy) is 1. The van der Waals surface area contributed by atoms with Crippen LogP contribution in [0.5, 0.6) is 0 Å². The molecule has 0 aliphatic heterocycles. The van der Waals surface area contributed by atoms with Crippen LogP contribution in [0.2, 0.25) is 0 Å². The first-order chi connectivity index (χ1) is 13.0. The molecule has 0 amide bonds. The van der Waals surface area contributed by atoms with Crippen molar-refractivity contribution < 1.29 is 38.8 Å². The van der Waals surface area contributed by atoms with E-state index in [2.05, 4.69) is 33.0 Å². The molecule has 0 bridgehead atoms. The average molecular weight is 512 g/mol. The number of rotatable bonds is 20. The van der Waals surface area contributed by atoms with Crippen LogP contribution in [0.25, 0.3) is 0 Å². The van der Waals surface area contributed by atoms with Gasteiger partial charge < -0.3 is 34.0 Å². The van der Waals surface area contributed by atoms with E-state index in [1.807, 2.05) is 0 Å². The van der Waals surface area contributed by atoms with Crippen LogP contribution >= 0.6 is 0 Å². The predicted octanol–water partition coefficient (Wildman–Crippen LogP) is 3.50. The normalized spacial score (nSPS) is 11.3. The van der Waals surface area contributed by atoms with Crippen LogP contribution in [0.3, 0.4) is 0 Å². The van der Waals surface area contributed by atoms with E-state index in [0.29, 0.717) is 13.2 Å². The molecule has 0 aromatic heterocycles. The molecule has 0 atom stereocenters. The number of carbonyl (C=O) groups excluding carboxylic acids is 1. The number of quaternary nitrogens is 1. The third-order valence-corrected chi connectivity index (χ3v) is 5.78. The van der Waals surface area contributed by atoms with Gasteiger partial charge in [0.2, 0.25) is 6.73 Å². The molecule has 0 aromatic carbocycles. The maximum atomic E-state index is 11.7. The van der Waals surface area contributed by atoms with Crippen molar-refractivity contribution >= 4 is 5.97 Å². The molecule has 0 aliphatic carbocycles. The number of nitrogens with two attached hydrogens (primary N) is 1. The van der Waals surface area contributed by atoms with Crippen LogP contribution in [-0.2, 0) is 9.53 Å². The van der Waals surface area contributed by atoms with E-state index < -0.39 is 0 Å². The number of unbranched alkanes of at least 4 members (excludes halogenated alkanes) is 14. The van der Waals surface area contributed by atoms with Gasteiger partial charge in [0.05, 0.1) is 5.54 Å². The Labute approximate surface area is 193 Å². The molecule has 0 spiro atoms. The second kappa shape index (κ2) is 21.9. The monoisotopic (exact) mass is 511 g/mol. The quantitative estimate of drug-likeness (QED) is 0.118. The Morgan fingerprint density at radius 2 is 1.11 bits per heavy atom. The molecular formula is C24H50INO2. The van der Waals surface area contributed by atoms with Crippen molar-refractivity contribution in [3.63, 3.8) is 0 Å². The highest BCUT2D eigenvalue weighted by molar-refractivity contribution is 5.69. The first-order valence-electron chi connectivity index (χ1n) is 12.0. The van der Waals surface area contributed by atoms with Crippen molar-refractivity contribution in [2.45, 2.75) is 142 Å². The summed E-state index contributed by atoms with van der Waals surface area (Å²) in [6, 6.07) is 0. The van der Waals surface area contributed by atoms with E-state index >= 15 is 0 Å². The van der Waals surface area contributed by atoms with Gasteiger partial charge in [-0.05, 0) is 26.7 Å². The van der Waals surface area contributed by atoms with Crippen LogP contribution in [-0.4, -0.2) is 18.2 Å². The van der Waals surface area contributed by atoms with Gasteiger partial charge in [0.25, 0.3) is 0 Å². The number of hydrogen-bond acceptors (Lipinski definition) is 2. The molecule has 0 unspecified atom stereocenters. The third kappa shape index (κ3) is 22.4. The maximum absolute atomic E-state index is 11.7. The molecule has 0 aliphatic rings.